The first kappa shape index (κ1) is 10.4. The van der Waals surface area contributed by atoms with Crippen molar-refractivity contribution in [2.24, 2.45) is 0 Å². The first-order valence-electron chi connectivity index (χ1n) is 4.43. The molecule has 0 saturated carbocycles. The lowest BCUT2D eigenvalue weighted by atomic mass is 10.3. The molecule has 0 spiro atoms. The Balaban J connectivity index is 2.43. The van der Waals surface area contributed by atoms with Crippen molar-refractivity contribution in [2.75, 3.05) is 19.5 Å². The Morgan fingerprint density at radius 1 is 1.38 bits per heavy atom. The second-order valence-electron chi connectivity index (χ2n) is 3.26. The van der Waals surface area contributed by atoms with Gasteiger partial charge in [0.15, 0.2) is 0 Å². The van der Waals surface area contributed by atoms with E-state index in [1.54, 1.807) is 6.20 Å². The summed E-state index contributed by atoms with van der Waals surface area (Å²) in [4.78, 5) is 2.00. The molecular formula is C8H16N2O2S. The normalized spacial score (nSPS) is 17.1. The lowest BCUT2D eigenvalue weighted by Gasteiger charge is -2.19. The smallest absolute Gasteiger partial charge is 0.233 e. The largest absolute Gasteiger partial charge is 0.358 e. The Kier molecular flexibility index (Phi) is 3.19. The molecule has 0 aromatic carbocycles. The Morgan fingerprint density at radius 3 is 2.54 bits per heavy atom. The monoisotopic (exact) mass is 204 g/mol. The Labute approximate surface area is 79.9 Å². The number of hydrogen-bond donors (Lipinski definition) is 0. The number of unbranched alkanes of at least 4 members (excludes halogenated alkanes) is 1. The summed E-state index contributed by atoms with van der Waals surface area (Å²) in [5.74, 6) is 0. The molecule has 76 valence electrons. The maximum absolute atomic E-state index is 11.1. The molecule has 0 bridgehead atoms. The summed E-state index contributed by atoms with van der Waals surface area (Å²) in [6.45, 7) is 3.52. The van der Waals surface area contributed by atoms with Gasteiger partial charge in [-0.15, -0.1) is 0 Å². The number of rotatable bonds is 4. The SMILES string of the molecule is CCCCN1C=CN(S(C)(=O)=O)C1. The maximum Gasteiger partial charge on any atom is 0.233 e. The zero-order chi connectivity index (χ0) is 9.90. The average Bonchev–Trinajstić information content (AvgIpc) is 2.47. The standard InChI is InChI=1S/C8H16N2O2S/c1-3-4-5-9-6-7-10(8-9)13(2,11)12/h6-7H,3-5,8H2,1-2H3. The molecule has 0 saturated heterocycles. The molecule has 0 aromatic rings. The third-order valence-corrected chi connectivity index (χ3v) is 3.08. The van der Waals surface area contributed by atoms with E-state index in [2.05, 4.69) is 6.92 Å². The van der Waals surface area contributed by atoms with Crippen LogP contribution in [0.15, 0.2) is 12.4 Å². The van der Waals surface area contributed by atoms with E-state index in [0.29, 0.717) is 6.67 Å². The molecule has 0 atom stereocenters. The summed E-state index contributed by atoms with van der Waals surface area (Å²) in [6, 6.07) is 0. The van der Waals surface area contributed by atoms with Gasteiger partial charge < -0.3 is 4.90 Å². The third kappa shape index (κ3) is 2.91. The van der Waals surface area contributed by atoms with Crippen LogP contribution >= 0.6 is 0 Å². The molecule has 0 fully saturated rings. The molecule has 1 rings (SSSR count). The van der Waals surface area contributed by atoms with Crippen LogP contribution in [0.4, 0.5) is 0 Å². The zero-order valence-corrected chi connectivity index (χ0v) is 8.92. The Bertz CT molecular complexity index is 285. The molecule has 5 heteroatoms. The van der Waals surface area contributed by atoms with Gasteiger partial charge in [0.05, 0.1) is 6.26 Å². The van der Waals surface area contributed by atoms with E-state index in [1.807, 2.05) is 11.1 Å². The quantitative estimate of drug-likeness (QED) is 0.680. The van der Waals surface area contributed by atoms with Crippen LogP contribution in [0.1, 0.15) is 19.8 Å². The van der Waals surface area contributed by atoms with Gasteiger partial charge in [0.2, 0.25) is 10.0 Å². The predicted molar refractivity (Wildman–Crippen MR) is 52.3 cm³/mol. The van der Waals surface area contributed by atoms with Gasteiger partial charge in [-0.3, -0.25) is 4.31 Å². The fourth-order valence-electron chi connectivity index (χ4n) is 1.16. The van der Waals surface area contributed by atoms with Crippen molar-refractivity contribution < 1.29 is 8.42 Å². The van der Waals surface area contributed by atoms with Crippen LogP contribution in [0.2, 0.25) is 0 Å². The van der Waals surface area contributed by atoms with Crippen LogP contribution in [0.5, 0.6) is 0 Å². The number of hydrogen-bond acceptors (Lipinski definition) is 3. The molecule has 13 heavy (non-hydrogen) atoms. The molecule has 0 amide bonds. The van der Waals surface area contributed by atoms with Crippen molar-refractivity contribution in [3.63, 3.8) is 0 Å². The zero-order valence-electron chi connectivity index (χ0n) is 8.10. The predicted octanol–water partition coefficient (Wildman–Crippen LogP) is 0.792. The molecule has 0 unspecified atom stereocenters. The maximum atomic E-state index is 11.1. The molecule has 0 aromatic heterocycles. The molecular weight excluding hydrogens is 188 g/mol. The molecule has 1 aliphatic heterocycles. The van der Waals surface area contributed by atoms with Crippen LogP contribution in [-0.2, 0) is 10.0 Å². The highest BCUT2D eigenvalue weighted by Crippen LogP contribution is 2.10. The van der Waals surface area contributed by atoms with Gasteiger partial charge in [-0.25, -0.2) is 8.42 Å². The van der Waals surface area contributed by atoms with E-state index in [9.17, 15) is 8.42 Å². The van der Waals surface area contributed by atoms with Gasteiger partial charge in [0.1, 0.15) is 6.67 Å². The van der Waals surface area contributed by atoms with Gasteiger partial charge in [-0.2, -0.15) is 0 Å². The van der Waals surface area contributed by atoms with Crippen molar-refractivity contribution in [2.45, 2.75) is 19.8 Å². The topological polar surface area (TPSA) is 40.6 Å². The fourth-order valence-corrected chi connectivity index (χ4v) is 1.80. The highest BCUT2D eigenvalue weighted by molar-refractivity contribution is 7.88. The van der Waals surface area contributed by atoms with Crippen LogP contribution in [0, 0.1) is 0 Å². The summed E-state index contributed by atoms with van der Waals surface area (Å²) < 4.78 is 23.6. The molecule has 4 nitrogen and oxygen atoms in total. The van der Waals surface area contributed by atoms with Crippen LogP contribution < -0.4 is 0 Å². The van der Waals surface area contributed by atoms with Crippen molar-refractivity contribution in [3.8, 4) is 0 Å². The fraction of sp³-hybridized carbons (Fsp3) is 0.750. The van der Waals surface area contributed by atoms with E-state index in [1.165, 1.54) is 10.6 Å². The van der Waals surface area contributed by atoms with Gasteiger partial charge >= 0.3 is 0 Å². The number of nitrogens with zero attached hydrogens (tertiary/aromatic N) is 2. The van der Waals surface area contributed by atoms with E-state index in [0.717, 1.165) is 19.4 Å². The van der Waals surface area contributed by atoms with Crippen LogP contribution in [0.25, 0.3) is 0 Å². The number of sulfonamides is 1. The minimum absolute atomic E-state index is 0.471. The first-order chi connectivity index (χ1) is 6.04. The first-order valence-corrected chi connectivity index (χ1v) is 6.28. The highest BCUT2D eigenvalue weighted by atomic mass is 32.2. The molecule has 0 N–H and O–H groups in total. The third-order valence-electron chi connectivity index (χ3n) is 1.99. The second-order valence-corrected chi connectivity index (χ2v) is 5.19. The second kappa shape index (κ2) is 4.00. The molecule has 1 heterocycles. The van der Waals surface area contributed by atoms with E-state index < -0.39 is 10.0 Å². The molecule has 0 aliphatic carbocycles. The lowest BCUT2D eigenvalue weighted by molar-refractivity contribution is 0.329. The van der Waals surface area contributed by atoms with Crippen molar-refractivity contribution in [1.82, 2.24) is 9.21 Å². The van der Waals surface area contributed by atoms with E-state index in [4.69, 9.17) is 0 Å². The van der Waals surface area contributed by atoms with Gasteiger partial charge in [-0.1, -0.05) is 13.3 Å². The van der Waals surface area contributed by atoms with Crippen molar-refractivity contribution in [3.05, 3.63) is 12.4 Å². The van der Waals surface area contributed by atoms with Crippen molar-refractivity contribution in [1.29, 1.82) is 0 Å². The van der Waals surface area contributed by atoms with E-state index >= 15 is 0 Å². The Morgan fingerprint density at radius 2 is 2.08 bits per heavy atom. The van der Waals surface area contributed by atoms with E-state index in [-0.39, 0.29) is 0 Å². The highest BCUT2D eigenvalue weighted by Gasteiger charge is 2.18. The average molecular weight is 204 g/mol. The molecule has 1 aliphatic rings. The summed E-state index contributed by atoms with van der Waals surface area (Å²) >= 11 is 0. The minimum atomic E-state index is -3.06. The summed E-state index contributed by atoms with van der Waals surface area (Å²) in [6.07, 6.45) is 6.90. The van der Waals surface area contributed by atoms with Gasteiger partial charge in [-0.05, 0) is 6.42 Å². The summed E-state index contributed by atoms with van der Waals surface area (Å²) in [5.41, 5.74) is 0. The lowest BCUT2D eigenvalue weighted by Crippen LogP contribution is -2.30. The van der Waals surface area contributed by atoms with Crippen LogP contribution in [0.3, 0.4) is 0 Å². The summed E-state index contributed by atoms with van der Waals surface area (Å²) in [5, 5.41) is 0. The van der Waals surface area contributed by atoms with Crippen LogP contribution in [-0.4, -0.2) is 37.1 Å². The summed E-state index contributed by atoms with van der Waals surface area (Å²) in [7, 11) is -3.06. The van der Waals surface area contributed by atoms with Gasteiger partial charge in [0.25, 0.3) is 0 Å². The minimum Gasteiger partial charge on any atom is -0.358 e. The Hall–Kier alpha value is -0.710. The van der Waals surface area contributed by atoms with Crippen molar-refractivity contribution >= 4 is 10.0 Å². The van der Waals surface area contributed by atoms with Gasteiger partial charge in [0, 0.05) is 18.9 Å². The molecule has 0 radical (unpaired) electrons.